The fraction of sp³-hybridized carbons (Fsp3) is 1.00. The molecule has 0 amide bonds. The molecule has 80 valence electrons. The van der Waals surface area contributed by atoms with Crippen LogP contribution in [0.2, 0.25) is 0 Å². The Morgan fingerprint density at radius 1 is 1.15 bits per heavy atom. The zero-order valence-corrected chi connectivity index (χ0v) is 9.12. The summed E-state index contributed by atoms with van der Waals surface area (Å²) in [6, 6.07) is -0.193. The number of aliphatic hydroxyl groups excluding tert-OH is 1. The first-order valence-electron chi connectivity index (χ1n) is 5.08. The van der Waals surface area contributed by atoms with Crippen molar-refractivity contribution in [3.05, 3.63) is 0 Å². The van der Waals surface area contributed by atoms with Crippen LogP contribution in [0.4, 0.5) is 0 Å². The van der Waals surface area contributed by atoms with Gasteiger partial charge < -0.3 is 15.5 Å². The smallest absolute Gasteiger partial charge is 0.167 e. The third-order valence-corrected chi connectivity index (χ3v) is 2.64. The van der Waals surface area contributed by atoms with Crippen LogP contribution in [0.5, 0.6) is 0 Å². The van der Waals surface area contributed by atoms with Crippen molar-refractivity contribution < 1.29 is 10.2 Å². The summed E-state index contributed by atoms with van der Waals surface area (Å²) in [4.78, 5) is 0. The summed E-state index contributed by atoms with van der Waals surface area (Å²) in [5.74, 6) is 1.19. The first kappa shape index (κ1) is 12.9. The number of rotatable bonds is 6. The lowest BCUT2D eigenvalue weighted by atomic mass is 9.98. The average molecular weight is 189 g/mol. The zero-order valence-electron chi connectivity index (χ0n) is 9.12. The second kappa shape index (κ2) is 6.35. The third kappa shape index (κ3) is 5.24. The molecule has 0 aromatic carbocycles. The molecule has 3 N–H and O–H groups in total. The Balaban J connectivity index is 3.72. The molecule has 0 saturated heterocycles. The van der Waals surface area contributed by atoms with Crippen molar-refractivity contribution in [1.82, 2.24) is 5.32 Å². The van der Waals surface area contributed by atoms with E-state index in [1.165, 1.54) is 0 Å². The maximum atomic E-state index is 8.96. The average Bonchev–Trinajstić information content (AvgIpc) is 2.04. The lowest BCUT2D eigenvalue weighted by Crippen LogP contribution is -2.41. The van der Waals surface area contributed by atoms with E-state index in [0.29, 0.717) is 11.8 Å². The van der Waals surface area contributed by atoms with Gasteiger partial charge in [-0.3, -0.25) is 0 Å². The van der Waals surface area contributed by atoms with Gasteiger partial charge in [0.2, 0.25) is 0 Å². The van der Waals surface area contributed by atoms with E-state index < -0.39 is 6.29 Å². The van der Waals surface area contributed by atoms with E-state index in [1.54, 1.807) is 0 Å². The molecular weight excluding hydrogens is 166 g/mol. The Hall–Kier alpha value is -0.120. The van der Waals surface area contributed by atoms with Crippen molar-refractivity contribution in [2.45, 2.75) is 46.4 Å². The van der Waals surface area contributed by atoms with Crippen LogP contribution >= 0.6 is 0 Å². The SMILES string of the molecule is CC[C@H](NC[C@@H](C)C(C)C)C(O)O. The van der Waals surface area contributed by atoms with Crippen LogP contribution in [0.3, 0.4) is 0 Å². The Morgan fingerprint density at radius 2 is 1.69 bits per heavy atom. The second-order valence-corrected chi connectivity index (χ2v) is 4.06. The van der Waals surface area contributed by atoms with E-state index in [1.807, 2.05) is 6.92 Å². The van der Waals surface area contributed by atoms with Crippen LogP contribution in [-0.2, 0) is 0 Å². The Morgan fingerprint density at radius 3 is 2.00 bits per heavy atom. The standard InChI is InChI=1S/C10H23NO2/c1-5-9(10(12)13)11-6-8(4)7(2)3/h7-13H,5-6H2,1-4H3/t8-,9+/m1/s1. The van der Waals surface area contributed by atoms with Crippen molar-refractivity contribution in [2.24, 2.45) is 11.8 Å². The van der Waals surface area contributed by atoms with Crippen molar-refractivity contribution in [3.63, 3.8) is 0 Å². The quantitative estimate of drug-likeness (QED) is 0.545. The predicted molar refractivity (Wildman–Crippen MR) is 54.3 cm³/mol. The highest BCUT2D eigenvalue weighted by Gasteiger charge is 2.15. The molecule has 0 aliphatic rings. The summed E-state index contributed by atoms with van der Waals surface area (Å²) in [5.41, 5.74) is 0. The molecule has 3 nitrogen and oxygen atoms in total. The largest absolute Gasteiger partial charge is 0.367 e. The van der Waals surface area contributed by atoms with Crippen LogP contribution in [-0.4, -0.2) is 29.1 Å². The molecule has 0 radical (unpaired) electrons. The Labute approximate surface area is 81.2 Å². The van der Waals surface area contributed by atoms with Crippen LogP contribution < -0.4 is 5.32 Å². The van der Waals surface area contributed by atoms with Gasteiger partial charge in [0, 0.05) is 0 Å². The van der Waals surface area contributed by atoms with Gasteiger partial charge in [-0.1, -0.05) is 27.7 Å². The number of hydrogen-bond donors (Lipinski definition) is 3. The van der Waals surface area contributed by atoms with E-state index in [2.05, 4.69) is 26.1 Å². The Kier molecular flexibility index (Phi) is 6.29. The van der Waals surface area contributed by atoms with Gasteiger partial charge in [-0.25, -0.2) is 0 Å². The molecule has 2 atom stereocenters. The van der Waals surface area contributed by atoms with Crippen molar-refractivity contribution >= 4 is 0 Å². The van der Waals surface area contributed by atoms with Crippen molar-refractivity contribution in [2.75, 3.05) is 6.54 Å². The summed E-state index contributed by atoms with van der Waals surface area (Å²) in [5, 5.41) is 21.1. The van der Waals surface area contributed by atoms with Gasteiger partial charge in [-0.15, -0.1) is 0 Å². The van der Waals surface area contributed by atoms with E-state index in [9.17, 15) is 0 Å². The minimum Gasteiger partial charge on any atom is -0.367 e. The van der Waals surface area contributed by atoms with Crippen LogP contribution in [0.1, 0.15) is 34.1 Å². The molecule has 13 heavy (non-hydrogen) atoms. The summed E-state index contributed by atoms with van der Waals surface area (Å²) in [6.45, 7) is 9.28. The van der Waals surface area contributed by atoms with Crippen molar-refractivity contribution in [3.8, 4) is 0 Å². The molecule has 0 spiro atoms. The first-order valence-corrected chi connectivity index (χ1v) is 5.08. The summed E-state index contributed by atoms with van der Waals surface area (Å²) in [7, 11) is 0. The molecule has 0 bridgehead atoms. The molecule has 0 heterocycles. The van der Waals surface area contributed by atoms with Crippen LogP contribution in [0.25, 0.3) is 0 Å². The highest BCUT2D eigenvalue weighted by molar-refractivity contribution is 4.69. The normalized spacial score (nSPS) is 16.6. The molecule has 3 heteroatoms. The molecule has 0 unspecified atom stereocenters. The predicted octanol–water partition coefficient (Wildman–Crippen LogP) is 0.957. The maximum Gasteiger partial charge on any atom is 0.167 e. The van der Waals surface area contributed by atoms with Crippen LogP contribution in [0.15, 0.2) is 0 Å². The van der Waals surface area contributed by atoms with Gasteiger partial charge in [0.1, 0.15) is 0 Å². The summed E-state index contributed by atoms with van der Waals surface area (Å²) in [6.07, 6.45) is -0.507. The zero-order chi connectivity index (χ0) is 10.4. The molecule has 0 aliphatic heterocycles. The lowest BCUT2D eigenvalue weighted by molar-refractivity contribution is -0.0683. The van der Waals surface area contributed by atoms with Gasteiger partial charge in [0.25, 0.3) is 0 Å². The molecule has 0 rings (SSSR count). The first-order chi connectivity index (χ1) is 5.99. The third-order valence-electron chi connectivity index (χ3n) is 2.64. The second-order valence-electron chi connectivity index (χ2n) is 4.06. The van der Waals surface area contributed by atoms with Gasteiger partial charge in [-0.2, -0.15) is 0 Å². The minimum absolute atomic E-state index is 0.193. The van der Waals surface area contributed by atoms with E-state index in [4.69, 9.17) is 10.2 Å². The summed E-state index contributed by atoms with van der Waals surface area (Å²) < 4.78 is 0. The van der Waals surface area contributed by atoms with E-state index in [0.717, 1.165) is 13.0 Å². The molecule has 0 saturated carbocycles. The fourth-order valence-corrected chi connectivity index (χ4v) is 1.03. The monoisotopic (exact) mass is 189 g/mol. The van der Waals surface area contributed by atoms with Gasteiger partial charge in [-0.05, 0) is 24.8 Å². The summed E-state index contributed by atoms with van der Waals surface area (Å²) >= 11 is 0. The van der Waals surface area contributed by atoms with Crippen LogP contribution in [0, 0.1) is 11.8 Å². The highest BCUT2D eigenvalue weighted by atomic mass is 16.5. The topological polar surface area (TPSA) is 52.5 Å². The van der Waals surface area contributed by atoms with Gasteiger partial charge in [0.15, 0.2) is 6.29 Å². The van der Waals surface area contributed by atoms with E-state index in [-0.39, 0.29) is 6.04 Å². The number of aliphatic hydroxyl groups is 2. The van der Waals surface area contributed by atoms with Gasteiger partial charge >= 0.3 is 0 Å². The Bertz CT molecular complexity index is 126. The lowest BCUT2D eigenvalue weighted by Gasteiger charge is -2.23. The minimum atomic E-state index is -1.25. The van der Waals surface area contributed by atoms with E-state index >= 15 is 0 Å². The number of nitrogens with one attached hydrogen (secondary N) is 1. The molecule has 0 aromatic heterocycles. The van der Waals surface area contributed by atoms with Gasteiger partial charge in [0.05, 0.1) is 6.04 Å². The fourth-order valence-electron chi connectivity index (χ4n) is 1.03. The molecule has 0 aromatic rings. The molecular formula is C10H23NO2. The van der Waals surface area contributed by atoms with Crippen molar-refractivity contribution in [1.29, 1.82) is 0 Å². The highest BCUT2D eigenvalue weighted by Crippen LogP contribution is 2.08. The molecule has 0 fully saturated rings. The maximum absolute atomic E-state index is 8.96. The molecule has 0 aliphatic carbocycles. The number of hydrogen-bond acceptors (Lipinski definition) is 3.